The first-order valence-corrected chi connectivity index (χ1v) is 15.7. The standard InChI is InChI=1S/C29H36BrClN2O5S/c1-3-5-9-17-38-28(37)22-23-26(35)33(15-7-6-8-16-34)25(29(23)18-21(30)24(22)39-29)27(36)32(14-4-2)20-12-10-19(31)11-13-20/h3-4,10-13,21-25,34H,1-2,5-9,14-18H2/t21?,22-,23+,24-,25?,29?/m1/s1. The summed E-state index contributed by atoms with van der Waals surface area (Å²) in [5, 5.41) is 9.66. The molecule has 3 aliphatic heterocycles. The molecule has 1 N–H and O–H groups in total. The van der Waals surface area contributed by atoms with Gasteiger partial charge in [-0.15, -0.1) is 24.9 Å². The molecule has 6 atom stereocenters. The van der Waals surface area contributed by atoms with Crippen LogP contribution in [0, 0.1) is 11.8 Å². The first-order valence-electron chi connectivity index (χ1n) is 13.5. The van der Waals surface area contributed by atoms with Gasteiger partial charge in [-0.05, 0) is 62.8 Å². The molecule has 3 heterocycles. The van der Waals surface area contributed by atoms with E-state index in [0.29, 0.717) is 42.9 Å². The number of ether oxygens (including phenoxy) is 1. The molecule has 0 radical (unpaired) electrons. The second kappa shape index (κ2) is 13.2. The predicted octanol–water partition coefficient (Wildman–Crippen LogP) is 5.00. The van der Waals surface area contributed by atoms with Crippen molar-refractivity contribution in [3.05, 3.63) is 54.6 Å². The van der Waals surface area contributed by atoms with Gasteiger partial charge in [0.25, 0.3) is 5.91 Å². The number of esters is 1. The summed E-state index contributed by atoms with van der Waals surface area (Å²) in [5.41, 5.74) is 0.669. The Bertz CT molecular complexity index is 1090. The molecular formula is C29H36BrClN2O5S. The van der Waals surface area contributed by atoms with Crippen molar-refractivity contribution < 1.29 is 24.2 Å². The molecule has 1 aromatic rings. The van der Waals surface area contributed by atoms with E-state index in [2.05, 4.69) is 29.1 Å². The number of unbranched alkanes of at least 4 members (excludes halogenated alkanes) is 3. The van der Waals surface area contributed by atoms with Crippen molar-refractivity contribution in [2.24, 2.45) is 11.8 Å². The van der Waals surface area contributed by atoms with E-state index in [1.165, 1.54) is 0 Å². The van der Waals surface area contributed by atoms with Gasteiger partial charge in [0.05, 0.1) is 23.2 Å². The van der Waals surface area contributed by atoms with Crippen molar-refractivity contribution in [3.63, 3.8) is 0 Å². The monoisotopic (exact) mass is 638 g/mol. The normalized spacial score (nSPS) is 28.8. The Morgan fingerprint density at radius 1 is 1.21 bits per heavy atom. The smallest absolute Gasteiger partial charge is 0.310 e. The zero-order valence-corrected chi connectivity index (χ0v) is 25.1. The van der Waals surface area contributed by atoms with Gasteiger partial charge >= 0.3 is 5.97 Å². The minimum atomic E-state index is -0.749. The van der Waals surface area contributed by atoms with Gasteiger partial charge in [-0.1, -0.05) is 39.7 Å². The Balaban J connectivity index is 1.69. The van der Waals surface area contributed by atoms with Crippen molar-refractivity contribution in [1.29, 1.82) is 0 Å². The third-order valence-electron chi connectivity index (χ3n) is 7.87. The lowest BCUT2D eigenvalue weighted by atomic mass is 9.71. The number of allylic oxidation sites excluding steroid dienone is 1. The van der Waals surface area contributed by atoms with Crippen molar-refractivity contribution in [2.75, 3.05) is 31.2 Å². The number of carbonyl (C=O) groups excluding carboxylic acids is 3. The number of carbonyl (C=O) groups is 3. The highest BCUT2D eigenvalue weighted by Gasteiger charge is 2.76. The fourth-order valence-corrected chi connectivity index (χ4v) is 9.93. The number of hydrogen-bond donors (Lipinski definition) is 1. The van der Waals surface area contributed by atoms with E-state index in [1.54, 1.807) is 58.0 Å². The van der Waals surface area contributed by atoms with E-state index in [9.17, 15) is 19.5 Å². The van der Waals surface area contributed by atoms with Crippen LogP contribution in [0.2, 0.25) is 5.02 Å². The molecule has 0 aromatic heterocycles. The van der Waals surface area contributed by atoms with Crippen molar-refractivity contribution >= 4 is 62.8 Å². The molecule has 212 valence electrons. The summed E-state index contributed by atoms with van der Waals surface area (Å²) in [6.45, 7) is 8.57. The molecule has 1 spiro atoms. The molecule has 0 aliphatic carbocycles. The fourth-order valence-electron chi connectivity index (χ4n) is 6.21. The number of benzene rings is 1. The van der Waals surface area contributed by atoms with Gasteiger partial charge < -0.3 is 19.6 Å². The molecule has 7 nitrogen and oxygen atoms in total. The van der Waals surface area contributed by atoms with Gasteiger partial charge in [-0.25, -0.2) is 0 Å². The SMILES string of the molecule is C=CCCCOC(=O)[C@H]1[C@@H]2SC3(CC2Br)C(C(=O)N(CC=C)c2ccc(Cl)cc2)N(CCCCCO)C(=O)[C@H]13. The van der Waals surface area contributed by atoms with Crippen LogP contribution < -0.4 is 4.90 Å². The summed E-state index contributed by atoms with van der Waals surface area (Å²) in [7, 11) is 0. The molecule has 1 aromatic carbocycles. The Labute approximate surface area is 248 Å². The van der Waals surface area contributed by atoms with Gasteiger partial charge in [-0.3, -0.25) is 14.4 Å². The average Bonchev–Trinajstić information content (AvgIpc) is 3.51. The Kier molecular flexibility index (Phi) is 10.2. The zero-order chi connectivity index (χ0) is 28.2. The van der Waals surface area contributed by atoms with Crippen LogP contribution in [0.1, 0.15) is 38.5 Å². The molecular weight excluding hydrogens is 604 g/mol. The van der Waals surface area contributed by atoms with Crippen LogP contribution in [0.5, 0.6) is 0 Å². The van der Waals surface area contributed by atoms with Crippen LogP contribution in [0.15, 0.2) is 49.6 Å². The quantitative estimate of drug-likeness (QED) is 0.134. The second-order valence-corrected chi connectivity index (χ2v) is 13.4. The van der Waals surface area contributed by atoms with Crippen LogP contribution in [0.4, 0.5) is 5.69 Å². The number of halogens is 2. The van der Waals surface area contributed by atoms with Gasteiger partial charge in [0.2, 0.25) is 5.91 Å². The lowest BCUT2D eigenvalue weighted by Gasteiger charge is -2.37. The van der Waals surface area contributed by atoms with Crippen molar-refractivity contribution in [2.45, 2.75) is 59.4 Å². The summed E-state index contributed by atoms with van der Waals surface area (Å²) in [6.07, 6.45) is 7.49. The third-order valence-corrected chi connectivity index (χ3v) is 11.3. The summed E-state index contributed by atoms with van der Waals surface area (Å²) in [4.78, 5) is 45.3. The van der Waals surface area contributed by atoms with Crippen molar-refractivity contribution in [1.82, 2.24) is 4.90 Å². The maximum Gasteiger partial charge on any atom is 0.310 e. The highest BCUT2D eigenvalue weighted by Crippen LogP contribution is 2.68. The number of aliphatic hydroxyl groups is 1. The second-order valence-electron chi connectivity index (χ2n) is 10.3. The van der Waals surface area contributed by atoms with E-state index in [0.717, 1.165) is 12.8 Å². The highest BCUT2D eigenvalue weighted by atomic mass is 79.9. The molecule has 2 amide bonds. The average molecular weight is 640 g/mol. The number of fused-ring (bicyclic) bond motifs is 1. The van der Waals surface area contributed by atoms with Crippen LogP contribution >= 0.6 is 39.3 Å². The zero-order valence-electron chi connectivity index (χ0n) is 22.0. The van der Waals surface area contributed by atoms with Crippen LogP contribution in [-0.2, 0) is 19.1 Å². The number of nitrogens with zero attached hydrogens (tertiary/aromatic N) is 2. The number of thioether (sulfide) groups is 1. The van der Waals surface area contributed by atoms with Gasteiger partial charge in [0.15, 0.2) is 0 Å². The van der Waals surface area contributed by atoms with E-state index < -0.39 is 22.6 Å². The molecule has 0 saturated carbocycles. The van der Waals surface area contributed by atoms with E-state index in [-0.39, 0.29) is 47.6 Å². The summed E-state index contributed by atoms with van der Waals surface area (Å²) >= 11 is 11.5. The fraction of sp³-hybridized carbons (Fsp3) is 0.552. The van der Waals surface area contributed by atoms with Crippen LogP contribution in [-0.4, -0.2) is 75.0 Å². The summed E-state index contributed by atoms with van der Waals surface area (Å²) < 4.78 is 4.90. The number of aliphatic hydroxyl groups excluding tert-OH is 1. The number of anilines is 1. The lowest BCUT2D eigenvalue weighted by molar-refractivity contribution is -0.154. The molecule has 3 saturated heterocycles. The number of hydrogen-bond acceptors (Lipinski definition) is 6. The highest BCUT2D eigenvalue weighted by molar-refractivity contribution is 9.09. The molecule has 3 fully saturated rings. The number of amides is 2. The molecule has 3 unspecified atom stereocenters. The molecule has 2 bridgehead atoms. The van der Waals surface area contributed by atoms with Crippen molar-refractivity contribution in [3.8, 4) is 0 Å². The topological polar surface area (TPSA) is 87.2 Å². The van der Waals surface area contributed by atoms with Crippen LogP contribution in [0.3, 0.4) is 0 Å². The largest absolute Gasteiger partial charge is 0.465 e. The number of likely N-dealkylation sites (tertiary alicyclic amines) is 1. The third kappa shape index (κ3) is 5.83. The Morgan fingerprint density at radius 3 is 2.62 bits per heavy atom. The van der Waals surface area contributed by atoms with E-state index in [1.807, 2.05) is 0 Å². The molecule has 10 heteroatoms. The summed E-state index contributed by atoms with van der Waals surface area (Å²) in [6, 6.07) is 6.30. The van der Waals surface area contributed by atoms with E-state index >= 15 is 0 Å². The predicted molar refractivity (Wildman–Crippen MR) is 159 cm³/mol. The van der Waals surface area contributed by atoms with Crippen LogP contribution in [0.25, 0.3) is 0 Å². The van der Waals surface area contributed by atoms with E-state index in [4.69, 9.17) is 16.3 Å². The Hall–Kier alpha value is -1.81. The molecule has 3 aliphatic rings. The minimum Gasteiger partial charge on any atom is -0.465 e. The first kappa shape index (κ1) is 30.2. The van der Waals surface area contributed by atoms with Gasteiger partial charge in [0, 0.05) is 40.5 Å². The maximum absolute atomic E-state index is 14.5. The first-order chi connectivity index (χ1) is 18.8. The number of rotatable bonds is 14. The van der Waals surface area contributed by atoms with Gasteiger partial charge in [-0.2, -0.15) is 0 Å². The Morgan fingerprint density at radius 2 is 1.95 bits per heavy atom. The maximum atomic E-state index is 14.5. The minimum absolute atomic E-state index is 0.0229. The summed E-state index contributed by atoms with van der Waals surface area (Å²) in [5.74, 6) is -1.96. The lowest BCUT2D eigenvalue weighted by Crippen LogP contribution is -2.55. The van der Waals surface area contributed by atoms with Gasteiger partial charge in [0.1, 0.15) is 6.04 Å². The molecule has 4 rings (SSSR count). The molecule has 39 heavy (non-hydrogen) atoms. The number of alkyl halides is 1.